The summed E-state index contributed by atoms with van der Waals surface area (Å²) in [5, 5.41) is 3.40. The minimum absolute atomic E-state index is 0.518. The van der Waals surface area contributed by atoms with E-state index in [1.54, 1.807) is 7.05 Å². The summed E-state index contributed by atoms with van der Waals surface area (Å²) in [5.41, 5.74) is 0. The number of nitrogens with one attached hydrogen (secondary N) is 2. The molecule has 2 unspecified atom stereocenters. The molecule has 0 aliphatic heterocycles. The van der Waals surface area contributed by atoms with Crippen LogP contribution in [0.3, 0.4) is 0 Å². The summed E-state index contributed by atoms with van der Waals surface area (Å²) >= 11 is 0. The molecule has 118 valence electrons. The van der Waals surface area contributed by atoms with Gasteiger partial charge in [0.05, 0.1) is 0 Å². The van der Waals surface area contributed by atoms with Crippen molar-refractivity contribution in [1.29, 1.82) is 0 Å². The maximum Gasteiger partial charge on any atom is 0.279 e. The van der Waals surface area contributed by atoms with Crippen molar-refractivity contribution in [3.05, 3.63) is 0 Å². The molecular formula is C14H29N3O2S. The van der Waals surface area contributed by atoms with Crippen LogP contribution < -0.4 is 10.0 Å². The van der Waals surface area contributed by atoms with Gasteiger partial charge < -0.3 is 5.32 Å². The van der Waals surface area contributed by atoms with Crippen LogP contribution in [0.4, 0.5) is 0 Å². The first-order valence-electron chi connectivity index (χ1n) is 7.91. The smallest absolute Gasteiger partial charge is 0.279 e. The van der Waals surface area contributed by atoms with Gasteiger partial charge in [0, 0.05) is 26.2 Å². The van der Waals surface area contributed by atoms with Crippen molar-refractivity contribution in [3.8, 4) is 0 Å². The zero-order valence-corrected chi connectivity index (χ0v) is 13.6. The number of hydrogen-bond acceptors (Lipinski definition) is 3. The van der Waals surface area contributed by atoms with Crippen molar-refractivity contribution < 1.29 is 8.42 Å². The monoisotopic (exact) mass is 303 g/mol. The van der Waals surface area contributed by atoms with Crippen molar-refractivity contribution >= 4 is 10.2 Å². The van der Waals surface area contributed by atoms with E-state index in [0.29, 0.717) is 25.0 Å². The highest BCUT2D eigenvalue weighted by Crippen LogP contribution is 2.29. The Bertz CT molecular complexity index is 395. The SMILES string of the molecule is CC1CCC(CNS(=O)(=O)N(C)CCCNC2CC2)C1. The Kier molecular flexibility index (Phi) is 5.84. The first-order valence-corrected chi connectivity index (χ1v) is 9.35. The zero-order chi connectivity index (χ0) is 14.6. The second kappa shape index (κ2) is 7.20. The van der Waals surface area contributed by atoms with Crippen LogP contribution >= 0.6 is 0 Å². The molecule has 2 N–H and O–H groups in total. The lowest BCUT2D eigenvalue weighted by Gasteiger charge is -2.19. The summed E-state index contributed by atoms with van der Waals surface area (Å²) < 4.78 is 28.4. The van der Waals surface area contributed by atoms with Crippen molar-refractivity contribution in [2.24, 2.45) is 11.8 Å². The predicted octanol–water partition coefficient (Wildman–Crippen LogP) is 1.33. The highest BCUT2D eigenvalue weighted by Gasteiger charge is 2.24. The van der Waals surface area contributed by atoms with Crippen molar-refractivity contribution in [2.75, 3.05) is 26.7 Å². The van der Waals surface area contributed by atoms with Gasteiger partial charge in [0.25, 0.3) is 10.2 Å². The van der Waals surface area contributed by atoms with Crippen LogP contribution in [0.15, 0.2) is 0 Å². The average Bonchev–Trinajstić information content (AvgIpc) is 3.13. The molecule has 2 atom stereocenters. The van der Waals surface area contributed by atoms with Crippen molar-refractivity contribution in [1.82, 2.24) is 14.3 Å². The fraction of sp³-hybridized carbons (Fsp3) is 1.00. The molecule has 0 aromatic heterocycles. The summed E-state index contributed by atoms with van der Waals surface area (Å²) in [6.07, 6.45) is 6.95. The van der Waals surface area contributed by atoms with E-state index in [-0.39, 0.29) is 0 Å². The van der Waals surface area contributed by atoms with Gasteiger partial charge in [-0.3, -0.25) is 0 Å². The van der Waals surface area contributed by atoms with Crippen LogP contribution in [0.25, 0.3) is 0 Å². The van der Waals surface area contributed by atoms with Gasteiger partial charge in [-0.15, -0.1) is 0 Å². The largest absolute Gasteiger partial charge is 0.314 e. The maximum absolute atomic E-state index is 12.1. The lowest BCUT2D eigenvalue weighted by molar-refractivity contribution is 0.432. The molecule has 2 saturated carbocycles. The van der Waals surface area contributed by atoms with E-state index in [0.717, 1.165) is 31.7 Å². The minimum Gasteiger partial charge on any atom is -0.314 e. The van der Waals surface area contributed by atoms with Crippen molar-refractivity contribution in [3.63, 3.8) is 0 Å². The van der Waals surface area contributed by atoms with Gasteiger partial charge >= 0.3 is 0 Å². The molecule has 0 heterocycles. The summed E-state index contributed by atoms with van der Waals surface area (Å²) in [7, 11) is -1.63. The summed E-state index contributed by atoms with van der Waals surface area (Å²) in [5.74, 6) is 1.26. The van der Waals surface area contributed by atoms with Crippen molar-refractivity contribution in [2.45, 2.75) is 51.5 Å². The average molecular weight is 303 g/mol. The Morgan fingerprint density at radius 2 is 1.95 bits per heavy atom. The molecule has 2 aliphatic carbocycles. The molecule has 2 rings (SSSR count). The van der Waals surface area contributed by atoms with Gasteiger partial charge in [-0.1, -0.05) is 13.3 Å². The number of hydrogen-bond donors (Lipinski definition) is 2. The normalized spacial score (nSPS) is 27.4. The first-order chi connectivity index (χ1) is 9.47. The summed E-state index contributed by atoms with van der Waals surface area (Å²) in [4.78, 5) is 0. The lowest BCUT2D eigenvalue weighted by Crippen LogP contribution is -2.41. The lowest BCUT2D eigenvalue weighted by atomic mass is 10.1. The Morgan fingerprint density at radius 1 is 1.20 bits per heavy atom. The van der Waals surface area contributed by atoms with Crippen LogP contribution in [0.1, 0.15) is 45.4 Å². The van der Waals surface area contributed by atoms with Gasteiger partial charge in [0.2, 0.25) is 0 Å². The molecule has 0 bridgehead atoms. The predicted molar refractivity (Wildman–Crippen MR) is 81.7 cm³/mol. The summed E-state index contributed by atoms with van der Waals surface area (Å²) in [6, 6.07) is 0.694. The van der Waals surface area contributed by atoms with E-state index >= 15 is 0 Å². The molecule has 0 saturated heterocycles. The summed E-state index contributed by atoms with van der Waals surface area (Å²) in [6.45, 7) is 4.33. The molecule has 2 aliphatic rings. The second-order valence-corrected chi connectivity index (χ2v) is 8.40. The molecule has 2 fully saturated rings. The molecule has 20 heavy (non-hydrogen) atoms. The van der Waals surface area contributed by atoms with Crippen LogP contribution in [0.2, 0.25) is 0 Å². The molecule has 0 aromatic carbocycles. The van der Waals surface area contributed by atoms with Gasteiger partial charge in [-0.05, 0) is 50.5 Å². The van der Waals surface area contributed by atoms with Gasteiger partial charge in [-0.2, -0.15) is 12.7 Å². The van der Waals surface area contributed by atoms with Gasteiger partial charge in [-0.25, -0.2) is 4.72 Å². The van der Waals surface area contributed by atoms with E-state index in [1.807, 2.05) is 0 Å². The molecular weight excluding hydrogens is 274 g/mol. The third kappa shape index (κ3) is 5.31. The Balaban J connectivity index is 1.62. The third-order valence-corrected chi connectivity index (χ3v) is 5.96. The Hall–Kier alpha value is -0.170. The van der Waals surface area contributed by atoms with Gasteiger partial charge in [0.1, 0.15) is 0 Å². The van der Waals surface area contributed by atoms with E-state index in [4.69, 9.17) is 0 Å². The van der Waals surface area contributed by atoms with Crippen LogP contribution in [0.5, 0.6) is 0 Å². The van der Waals surface area contributed by atoms with E-state index in [2.05, 4.69) is 17.0 Å². The highest BCUT2D eigenvalue weighted by molar-refractivity contribution is 7.87. The molecule has 0 amide bonds. The first kappa shape index (κ1) is 16.2. The number of nitrogens with zero attached hydrogens (tertiary/aromatic N) is 1. The van der Waals surface area contributed by atoms with Crippen LogP contribution in [-0.2, 0) is 10.2 Å². The fourth-order valence-corrected chi connectivity index (χ4v) is 3.90. The molecule has 6 heteroatoms. The van der Waals surface area contributed by atoms with Crippen LogP contribution in [0, 0.1) is 11.8 Å². The van der Waals surface area contributed by atoms with Gasteiger partial charge in [0.15, 0.2) is 0 Å². The molecule has 0 spiro atoms. The maximum atomic E-state index is 12.1. The quantitative estimate of drug-likeness (QED) is 0.632. The van der Waals surface area contributed by atoms with E-state index in [9.17, 15) is 8.42 Å². The third-order valence-electron chi connectivity index (χ3n) is 4.43. The molecule has 5 nitrogen and oxygen atoms in total. The highest BCUT2D eigenvalue weighted by atomic mass is 32.2. The Labute approximate surface area is 123 Å². The minimum atomic E-state index is -3.29. The second-order valence-electron chi connectivity index (χ2n) is 6.54. The standard InChI is InChI=1S/C14H29N3O2S/c1-12-4-5-13(10-12)11-16-20(18,19)17(2)9-3-8-15-14-6-7-14/h12-16H,3-11H2,1-2H3. The Morgan fingerprint density at radius 3 is 2.55 bits per heavy atom. The van der Waals surface area contributed by atoms with E-state index in [1.165, 1.54) is 23.6 Å². The fourth-order valence-electron chi connectivity index (χ4n) is 2.86. The topological polar surface area (TPSA) is 61.4 Å². The molecule has 0 radical (unpaired) electrons. The van der Waals surface area contributed by atoms with E-state index < -0.39 is 10.2 Å². The molecule has 0 aromatic rings. The zero-order valence-electron chi connectivity index (χ0n) is 12.8. The number of rotatable bonds is 9. The van der Waals surface area contributed by atoms with Crippen LogP contribution in [-0.4, -0.2) is 45.4 Å².